The van der Waals surface area contributed by atoms with Crippen LogP contribution in [0.4, 0.5) is 4.39 Å². The molecule has 0 unspecified atom stereocenters. The standard InChI is InChI=1S/C15H17ClFNO3/c16-10-5-6-12(17)11(9-10)13(19)18-15(14(20)21)7-3-1-2-4-8-15/h5-6,9H,1-4,7-8H2,(H,18,19)(H,20,21). The van der Waals surface area contributed by atoms with Gasteiger partial charge in [0.1, 0.15) is 11.4 Å². The van der Waals surface area contributed by atoms with Gasteiger partial charge in [-0.15, -0.1) is 0 Å². The van der Waals surface area contributed by atoms with E-state index < -0.39 is 23.2 Å². The van der Waals surface area contributed by atoms with Crippen LogP contribution in [-0.4, -0.2) is 22.5 Å². The van der Waals surface area contributed by atoms with Crippen molar-refractivity contribution in [2.75, 3.05) is 0 Å². The lowest BCUT2D eigenvalue weighted by atomic mass is 9.90. The summed E-state index contributed by atoms with van der Waals surface area (Å²) in [5.74, 6) is -2.52. The second-order valence-corrected chi connectivity index (χ2v) is 5.82. The minimum atomic E-state index is -1.32. The normalized spacial score (nSPS) is 17.8. The van der Waals surface area contributed by atoms with E-state index in [4.69, 9.17) is 11.6 Å². The monoisotopic (exact) mass is 313 g/mol. The van der Waals surface area contributed by atoms with Gasteiger partial charge in [0, 0.05) is 5.02 Å². The average molecular weight is 314 g/mol. The highest BCUT2D eigenvalue weighted by molar-refractivity contribution is 6.31. The highest BCUT2D eigenvalue weighted by atomic mass is 35.5. The third-order valence-electron chi connectivity index (χ3n) is 3.89. The number of carbonyl (C=O) groups excluding carboxylic acids is 1. The molecular weight excluding hydrogens is 297 g/mol. The third-order valence-corrected chi connectivity index (χ3v) is 4.13. The molecule has 1 aromatic rings. The first kappa shape index (κ1) is 15.8. The summed E-state index contributed by atoms with van der Waals surface area (Å²) in [7, 11) is 0. The molecule has 2 rings (SSSR count). The topological polar surface area (TPSA) is 66.4 Å². The van der Waals surface area contributed by atoms with Crippen molar-refractivity contribution >= 4 is 23.5 Å². The molecular formula is C15H17ClFNO3. The molecule has 2 N–H and O–H groups in total. The lowest BCUT2D eigenvalue weighted by molar-refractivity contribution is -0.145. The van der Waals surface area contributed by atoms with Gasteiger partial charge in [-0.2, -0.15) is 0 Å². The Hall–Kier alpha value is -1.62. The Morgan fingerprint density at radius 1 is 1.19 bits per heavy atom. The lowest BCUT2D eigenvalue weighted by Crippen LogP contribution is -2.54. The Labute approximate surface area is 127 Å². The van der Waals surface area contributed by atoms with Gasteiger partial charge in [-0.3, -0.25) is 4.79 Å². The van der Waals surface area contributed by atoms with Gasteiger partial charge in [-0.25, -0.2) is 9.18 Å². The van der Waals surface area contributed by atoms with Gasteiger partial charge in [0.2, 0.25) is 0 Å². The first-order chi connectivity index (χ1) is 9.94. The fourth-order valence-corrected chi connectivity index (χ4v) is 2.85. The van der Waals surface area contributed by atoms with Gasteiger partial charge < -0.3 is 10.4 Å². The Morgan fingerprint density at radius 3 is 2.38 bits per heavy atom. The molecule has 21 heavy (non-hydrogen) atoms. The van der Waals surface area contributed by atoms with Crippen LogP contribution in [0.15, 0.2) is 18.2 Å². The second-order valence-electron chi connectivity index (χ2n) is 5.38. The van der Waals surface area contributed by atoms with E-state index in [1.165, 1.54) is 12.1 Å². The summed E-state index contributed by atoms with van der Waals surface area (Å²) < 4.78 is 13.7. The van der Waals surface area contributed by atoms with Crippen LogP contribution >= 0.6 is 11.6 Å². The number of aliphatic carboxylic acids is 1. The SMILES string of the molecule is O=C(NC1(C(=O)O)CCCCCC1)c1cc(Cl)ccc1F. The van der Waals surface area contributed by atoms with Crippen molar-refractivity contribution in [3.63, 3.8) is 0 Å². The van der Waals surface area contributed by atoms with Gasteiger partial charge >= 0.3 is 5.97 Å². The van der Waals surface area contributed by atoms with Crippen molar-refractivity contribution in [1.82, 2.24) is 5.32 Å². The number of carbonyl (C=O) groups is 2. The van der Waals surface area contributed by atoms with E-state index in [0.29, 0.717) is 12.8 Å². The van der Waals surface area contributed by atoms with Gasteiger partial charge in [0.05, 0.1) is 5.56 Å². The summed E-state index contributed by atoms with van der Waals surface area (Å²) in [5.41, 5.74) is -1.55. The van der Waals surface area contributed by atoms with Crippen LogP contribution in [0.2, 0.25) is 5.02 Å². The van der Waals surface area contributed by atoms with E-state index >= 15 is 0 Å². The van der Waals surface area contributed by atoms with Crippen molar-refractivity contribution in [3.8, 4) is 0 Å². The summed E-state index contributed by atoms with van der Waals surface area (Å²) in [6, 6.07) is 3.64. The average Bonchev–Trinajstić information content (AvgIpc) is 2.68. The molecule has 0 heterocycles. The summed E-state index contributed by atoms with van der Waals surface area (Å²) in [6.07, 6.45) is 4.05. The Balaban J connectivity index is 2.26. The largest absolute Gasteiger partial charge is 0.480 e. The maximum Gasteiger partial charge on any atom is 0.329 e. The number of rotatable bonds is 3. The Morgan fingerprint density at radius 2 is 1.81 bits per heavy atom. The summed E-state index contributed by atoms with van der Waals surface area (Å²) in [5, 5.41) is 12.2. The Kier molecular flexibility index (Phi) is 4.83. The molecule has 0 saturated heterocycles. The first-order valence-corrected chi connectivity index (χ1v) is 7.33. The molecule has 1 aliphatic rings. The second kappa shape index (κ2) is 6.43. The number of carboxylic acid groups (broad SMARTS) is 1. The summed E-state index contributed by atoms with van der Waals surface area (Å²) in [4.78, 5) is 23.8. The van der Waals surface area contributed by atoms with Crippen molar-refractivity contribution in [3.05, 3.63) is 34.6 Å². The van der Waals surface area contributed by atoms with Crippen LogP contribution in [-0.2, 0) is 4.79 Å². The van der Waals surface area contributed by atoms with Crippen LogP contribution < -0.4 is 5.32 Å². The zero-order valence-electron chi connectivity index (χ0n) is 11.5. The predicted octanol–water partition coefficient (Wildman–Crippen LogP) is 3.39. The van der Waals surface area contributed by atoms with Crippen LogP contribution in [0.3, 0.4) is 0 Å². The number of halogens is 2. The minimum absolute atomic E-state index is 0.229. The number of benzene rings is 1. The molecule has 114 valence electrons. The molecule has 1 aliphatic carbocycles. The Bertz CT molecular complexity index is 554. The van der Waals surface area contributed by atoms with Gasteiger partial charge in [-0.05, 0) is 31.0 Å². The molecule has 4 nitrogen and oxygen atoms in total. The number of hydrogen-bond donors (Lipinski definition) is 2. The van der Waals surface area contributed by atoms with Gasteiger partial charge in [0.25, 0.3) is 5.91 Å². The van der Waals surface area contributed by atoms with Crippen molar-refractivity contribution in [1.29, 1.82) is 0 Å². The fourth-order valence-electron chi connectivity index (χ4n) is 2.68. The molecule has 0 atom stereocenters. The summed E-state index contributed by atoms with van der Waals surface area (Å²) >= 11 is 5.76. The molecule has 0 aromatic heterocycles. The van der Waals surface area contributed by atoms with E-state index in [1.54, 1.807) is 0 Å². The number of hydrogen-bond acceptors (Lipinski definition) is 2. The molecule has 6 heteroatoms. The van der Waals surface area contributed by atoms with Gasteiger partial charge in [-0.1, -0.05) is 37.3 Å². The molecule has 0 bridgehead atoms. The van der Waals surface area contributed by atoms with Gasteiger partial charge in [0.15, 0.2) is 0 Å². The van der Waals surface area contributed by atoms with Crippen molar-refractivity contribution < 1.29 is 19.1 Å². The van der Waals surface area contributed by atoms with Crippen LogP contribution in [0.5, 0.6) is 0 Å². The number of carboxylic acids is 1. The highest BCUT2D eigenvalue weighted by Gasteiger charge is 2.40. The maximum absolute atomic E-state index is 13.7. The van der Waals surface area contributed by atoms with Crippen LogP contribution in [0, 0.1) is 5.82 Å². The number of amides is 1. The molecule has 1 amide bonds. The molecule has 1 saturated carbocycles. The van der Waals surface area contributed by atoms with Crippen LogP contribution in [0.1, 0.15) is 48.9 Å². The smallest absolute Gasteiger partial charge is 0.329 e. The van der Waals surface area contributed by atoms with E-state index in [1.807, 2.05) is 0 Å². The zero-order valence-corrected chi connectivity index (χ0v) is 12.3. The van der Waals surface area contributed by atoms with Crippen LogP contribution in [0.25, 0.3) is 0 Å². The van der Waals surface area contributed by atoms with E-state index in [-0.39, 0.29) is 10.6 Å². The zero-order chi connectivity index (χ0) is 15.5. The molecule has 0 radical (unpaired) electrons. The minimum Gasteiger partial charge on any atom is -0.480 e. The van der Waals surface area contributed by atoms with E-state index in [2.05, 4.69) is 5.32 Å². The molecule has 1 aromatic carbocycles. The lowest BCUT2D eigenvalue weighted by Gasteiger charge is -2.29. The maximum atomic E-state index is 13.7. The quantitative estimate of drug-likeness (QED) is 0.841. The van der Waals surface area contributed by atoms with E-state index in [0.717, 1.165) is 31.7 Å². The van der Waals surface area contributed by atoms with E-state index in [9.17, 15) is 19.1 Å². The fraction of sp³-hybridized carbons (Fsp3) is 0.467. The first-order valence-electron chi connectivity index (χ1n) is 6.95. The van der Waals surface area contributed by atoms with Crippen molar-refractivity contribution in [2.45, 2.75) is 44.1 Å². The van der Waals surface area contributed by atoms with Crippen molar-refractivity contribution in [2.24, 2.45) is 0 Å². The summed E-state index contributed by atoms with van der Waals surface area (Å²) in [6.45, 7) is 0. The third kappa shape index (κ3) is 3.53. The molecule has 1 fully saturated rings. The highest BCUT2D eigenvalue weighted by Crippen LogP contribution is 2.28. The number of nitrogens with one attached hydrogen (secondary N) is 1. The molecule has 0 aliphatic heterocycles. The predicted molar refractivity (Wildman–Crippen MR) is 76.9 cm³/mol. The molecule has 0 spiro atoms.